The average Bonchev–Trinajstić information content (AvgIpc) is 3.18. The van der Waals surface area contributed by atoms with E-state index in [0.29, 0.717) is 24.4 Å². The summed E-state index contributed by atoms with van der Waals surface area (Å²) >= 11 is 12.1. The monoisotopic (exact) mass is 342 g/mol. The molecule has 1 aromatic heterocycles. The van der Waals surface area contributed by atoms with Crippen molar-refractivity contribution >= 4 is 29.7 Å². The topological polar surface area (TPSA) is 55.0 Å². The third kappa shape index (κ3) is 3.10. The standard InChI is InChI=1S/C15H13Cl2FN2O2/c16-11-3-9(18)4-12(17)15(11)14(22-7-21)5-13-10(6-19-20-13)8-1-2-8/h3-4,6-8,14H,1-2,5H2,(H,19,20). The number of aromatic amines is 1. The van der Waals surface area contributed by atoms with Gasteiger partial charge in [-0.25, -0.2) is 4.39 Å². The summed E-state index contributed by atoms with van der Waals surface area (Å²) in [4.78, 5) is 10.8. The number of halogens is 3. The molecule has 0 aliphatic heterocycles. The highest BCUT2D eigenvalue weighted by molar-refractivity contribution is 6.36. The van der Waals surface area contributed by atoms with Gasteiger partial charge < -0.3 is 4.74 Å². The molecular weight excluding hydrogens is 330 g/mol. The summed E-state index contributed by atoms with van der Waals surface area (Å²) < 4.78 is 18.5. The van der Waals surface area contributed by atoms with Crippen LogP contribution in [0.4, 0.5) is 4.39 Å². The fourth-order valence-corrected chi connectivity index (χ4v) is 3.27. The Morgan fingerprint density at radius 3 is 2.68 bits per heavy atom. The minimum atomic E-state index is -0.698. The fraction of sp³-hybridized carbons (Fsp3) is 0.333. The molecule has 1 fully saturated rings. The van der Waals surface area contributed by atoms with E-state index >= 15 is 0 Å². The van der Waals surface area contributed by atoms with Gasteiger partial charge >= 0.3 is 0 Å². The molecule has 1 saturated carbocycles. The van der Waals surface area contributed by atoms with Gasteiger partial charge in [-0.2, -0.15) is 5.10 Å². The molecule has 2 aromatic rings. The van der Waals surface area contributed by atoms with Gasteiger partial charge in [0.1, 0.15) is 11.9 Å². The summed E-state index contributed by atoms with van der Waals surface area (Å²) in [7, 11) is 0. The minimum Gasteiger partial charge on any atom is -0.459 e. The number of carbonyl (C=O) groups is 1. The molecule has 1 N–H and O–H groups in total. The second-order valence-corrected chi connectivity index (χ2v) is 6.10. The quantitative estimate of drug-likeness (QED) is 0.800. The molecule has 1 atom stereocenters. The Kier molecular flexibility index (Phi) is 4.36. The maximum absolute atomic E-state index is 13.3. The van der Waals surface area contributed by atoms with Crippen LogP contribution in [0.2, 0.25) is 10.0 Å². The molecule has 0 radical (unpaired) electrons. The molecule has 0 amide bonds. The van der Waals surface area contributed by atoms with Gasteiger partial charge in [0.25, 0.3) is 6.47 Å². The lowest BCUT2D eigenvalue weighted by molar-refractivity contribution is -0.133. The average molecular weight is 343 g/mol. The number of hydrogen-bond acceptors (Lipinski definition) is 3. The lowest BCUT2D eigenvalue weighted by Crippen LogP contribution is -2.10. The van der Waals surface area contributed by atoms with Gasteiger partial charge in [0, 0.05) is 17.7 Å². The Hall–Kier alpha value is -1.59. The molecule has 4 nitrogen and oxygen atoms in total. The number of nitrogens with zero attached hydrogens (tertiary/aromatic N) is 1. The zero-order valence-electron chi connectivity index (χ0n) is 11.5. The Morgan fingerprint density at radius 1 is 1.41 bits per heavy atom. The van der Waals surface area contributed by atoms with Crippen molar-refractivity contribution < 1.29 is 13.9 Å². The first-order valence-electron chi connectivity index (χ1n) is 6.85. The molecule has 0 bridgehead atoms. The Bertz CT molecular complexity index is 678. The van der Waals surface area contributed by atoms with Crippen LogP contribution in [0.1, 0.15) is 41.7 Å². The third-order valence-electron chi connectivity index (χ3n) is 3.74. The summed E-state index contributed by atoms with van der Waals surface area (Å²) in [6.07, 6.45) is 3.71. The first kappa shape index (κ1) is 15.3. The van der Waals surface area contributed by atoms with Crippen LogP contribution < -0.4 is 0 Å². The summed E-state index contributed by atoms with van der Waals surface area (Å²) in [6.45, 7) is 0.341. The van der Waals surface area contributed by atoms with Crippen molar-refractivity contribution in [3.05, 3.63) is 51.0 Å². The van der Waals surface area contributed by atoms with Crippen LogP contribution in [0.5, 0.6) is 0 Å². The van der Waals surface area contributed by atoms with Crippen molar-refractivity contribution in [1.29, 1.82) is 0 Å². The first-order valence-corrected chi connectivity index (χ1v) is 7.61. The number of rotatable bonds is 6. The molecule has 1 aliphatic carbocycles. The van der Waals surface area contributed by atoms with Gasteiger partial charge in [0.2, 0.25) is 0 Å². The van der Waals surface area contributed by atoms with Crippen LogP contribution in [-0.2, 0) is 16.0 Å². The lowest BCUT2D eigenvalue weighted by atomic mass is 10.0. The van der Waals surface area contributed by atoms with Crippen LogP contribution >= 0.6 is 23.2 Å². The molecule has 3 rings (SSSR count). The molecule has 22 heavy (non-hydrogen) atoms. The highest BCUT2D eigenvalue weighted by Gasteiger charge is 2.29. The minimum absolute atomic E-state index is 0.129. The molecule has 7 heteroatoms. The van der Waals surface area contributed by atoms with Crippen LogP contribution in [0.25, 0.3) is 0 Å². The van der Waals surface area contributed by atoms with Gasteiger partial charge in [-0.15, -0.1) is 0 Å². The molecule has 1 aromatic carbocycles. The number of nitrogens with one attached hydrogen (secondary N) is 1. The second kappa shape index (κ2) is 6.26. The summed E-state index contributed by atoms with van der Waals surface area (Å²) in [5.74, 6) is -0.0337. The Labute approximate surface area is 136 Å². The maximum Gasteiger partial charge on any atom is 0.293 e. The highest BCUT2D eigenvalue weighted by Crippen LogP contribution is 2.42. The zero-order chi connectivity index (χ0) is 15.7. The number of ether oxygens (including phenoxy) is 1. The van der Waals surface area contributed by atoms with Gasteiger partial charge in [0.05, 0.1) is 16.2 Å². The molecular formula is C15H13Cl2FN2O2. The SMILES string of the molecule is O=COC(Cc1[nH]ncc1C1CC1)c1c(Cl)cc(F)cc1Cl. The summed E-state index contributed by atoms with van der Waals surface area (Å²) in [5, 5.41) is 7.24. The Balaban J connectivity index is 1.93. The van der Waals surface area contributed by atoms with E-state index in [-0.39, 0.29) is 10.0 Å². The van der Waals surface area contributed by atoms with Crippen molar-refractivity contribution in [3.8, 4) is 0 Å². The van der Waals surface area contributed by atoms with E-state index in [9.17, 15) is 9.18 Å². The third-order valence-corrected chi connectivity index (χ3v) is 4.37. The van der Waals surface area contributed by atoms with E-state index in [1.54, 1.807) is 6.20 Å². The molecule has 1 aliphatic rings. The number of hydrogen-bond donors (Lipinski definition) is 1. The van der Waals surface area contributed by atoms with E-state index in [0.717, 1.165) is 36.2 Å². The first-order chi connectivity index (χ1) is 10.6. The lowest BCUT2D eigenvalue weighted by Gasteiger charge is -2.18. The zero-order valence-corrected chi connectivity index (χ0v) is 13.0. The van der Waals surface area contributed by atoms with Gasteiger partial charge in [-0.3, -0.25) is 9.89 Å². The van der Waals surface area contributed by atoms with Crippen molar-refractivity contribution in [1.82, 2.24) is 10.2 Å². The summed E-state index contributed by atoms with van der Waals surface area (Å²) in [5.41, 5.74) is 2.40. The predicted octanol–water partition coefficient (Wildman–Crippen LogP) is 4.19. The fourth-order valence-electron chi connectivity index (χ4n) is 2.56. The van der Waals surface area contributed by atoms with Crippen molar-refractivity contribution in [2.45, 2.75) is 31.3 Å². The molecule has 1 unspecified atom stereocenters. The maximum atomic E-state index is 13.3. The smallest absolute Gasteiger partial charge is 0.293 e. The van der Waals surface area contributed by atoms with Crippen LogP contribution in [0.3, 0.4) is 0 Å². The largest absolute Gasteiger partial charge is 0.459 e. The number of H-pyrrole nitrogens is 1. The summed E-state index contributed by atoms with van der Waals surface area (Å²) in [6, 6.07) is 2.30. The van der Waals surface area contributed by atoms with E-state index in [4.69, 9.17) is 27.9 Å². The van der Waals surface area contributed by atoms with Gasteiger partial charge in [-0.1, -0.05) is 23.2 Å². The number of aromatic nitrogens is 2. The van der Waals surface area contributed by atoms with Crippen molar-refractivity contribution in [2.75, 3.05) is 0 Å². The van der Waals surface area contributed by atoms with Crippen molar-refractivity contribution in [3.63, 3.8) is 0 Å². The van der Waals surface area contributed by atoms with Crippen LogP contribution in [0.15, 0.2) is 18.3 Å². The second-order valence-electron chi connectivity index (χ2n) is 5.29. The van der Waals surface area contributed by atoms with E-state index < -0.39 is 11.9 Å². The normalized spacial score (nSPS) is 15.6. The van der Waals surface area contributed by atoms with Crippen LogP contribution in [-0.4, -0.2) is 16.7 Å². The molecule has 0 spiro atoms. The predicted molar refractivity (Wildman–Crippen MR) is 80.6 cm³/mol. The number of carbonyl (C=O) groups excluding carboxylic acids is 1. The molecule has 0 saturated heterocycles. The number of benzene rings is 1. The van der Waals surface area contributed by atoms with Crippen molar-refractivity contribution in [2.24, 2.45) is 0 Å². The highest BCUT2D eigenvalue weighted by atomic mass is 35.5. The van der Waals surface area contributed by atoms with E-state index in [1.165, 1.54) is 0 Å². The van der Waals surface area contributed by atoms with Gasteiger partial charge in [0.15, 0.2) is 0 Å². The van der Waals surface area contributed by atoms with E-state index in [1.807, 2.05) is 0 Å². The molecule has 1 heterocycles. The molecule has 116 valence electrons. The van der Waals surface area contributed by atoms with Gasteiger partial charge in [-0.05, 0) is 36.5 Å². The van der Waals surface area contributed by atoms with Crippen LogP contribution in [0, 0.1) is 5.82 Å². The van der Waals surface area contributed by atoms with E-state index in [2.05, 4.69) is 10.2 Å². The Morgan fingerprint density at radius 2 is 2.09 bits per heavy atom.